The zero-order valence-corrected chi connectivity index (χ0v) is 15.7. The number of hydrogen-bond donors (Lipinski definition) is 1. The molecule has 1 aliphatic rings. The molecule has 1 N–H and O–H groups in total. The van der Waals surface area contributed by atoms with Crippen molar-refractivity contribution in [2.45, 2.75) is 32.4 Å². The summed E-state index contributed by atoms with van der Waals surface area (Å²) in [5, 5.41) is 11.8. The van der Waals surface area contributed by atoms with E-state index >= 15 is 0 Å². The molecule has 0 unspecified atom stereocenters. The maximum Gasteiger partial charge on any atom is 0.181 e. The van der Waals surface area contributed by atoms with Crippen molar-refractivity contribution in [2.75, 3.05) is 19.8 Å². The van der Waals surface area contributed by atoms with Crippen LogP contribution in [0.5, 0.6) is 0 Å². The van der Waals surface area contributed by atoms with Gasteiger partial charge in [-0.2, -0.15) is 10.2 Å². The van der Waals surface area contributed by atoms with Gasteiger partial charge in [-0.25, -0.2) is 4.98 Å². The molecule has 0 aliphatic carbocycles. The number of alkyl halides is 1. The van der Waals surface area contributed by atoms with Crippen LogP contribution >= 0.6 is 0 Å². The van der Waals surface area contributed by atoms with Gasteiger partial charge in [-0.05, 0) is 13.8 Å². The summed E-state index contributed by atoms with van der Waals surface area (Å²) in [5.41, 5.74) is 2.12. The third kappa shape index (κ3) is 3.78. The third-order valence-electron chi connectivity index (χ3n) is 5.19. The lowest BCUT2D eigenvalue weighted by Crippen LogP contribution is -2.20. The molecule has 2 atom stereocenters. The second-order valence-corrected chi connectivity index (χ2v) is 7.55. The SMILES string of the molecule is CC(C)n1cc(CN2C[C@@H](CF)[C@H](c3nc(-c4ccccc4)n[nH]3)C2)cn1. The average Bonchev–Trinajstić information content (AvgIpc) is 3.42. The van der Waals surface area contributed by atoms with Crippen LogP contribution in [0.3, 0.4) is 0 Å². The van der Waals surface area contributed by atoms with Gasteiger partial charge < -0.3 is 0 Å². The van der Waals surface area contributed by atoms with E-state index in [9.17, 15) is 4.39 Å². The molecule has 2 aromatic heterocycles. The fourth-order valence-corrected chi connectivity index (χ4v) is 3.71. The lowest BCUT2D eigenvalue weighted by Gasteiger charge is -2.14. The van der Waals surface area contributed by atoms with Crippen molar-refractivity contribution in [1.82, 2.24) is 29.9 Å². The average molecular weight is 368 g/mol. The predicted molar refractivity (Wildman–Crippen MR) is 102 cm³/mol. The Balaban J connectivity index is 1.47. The highest BCUT2D eigenvalue weighted by molar-refractivity contribution is 5.53. The number of likely N-dealkylation sites (tertiary alicyclic amines) is 1. The van der Waals surface area contributed by atoms with E-state index in [0.717, 1.165) is 36.6 Å². The van der Waals surface area contributed by atoms with Gasteiger partial charge in [-0.15, -0.1) is 0 Å². The highest BCUT2D eigenvalue weighted by Gasteiger charge is 2.36. The summed E-state index contributed by atoms with van der Waals surface area (Å²) in [4.78, 5) is 6.93. The van der Waals surface area contributed by atoms with Crippen molar-refractivity contribution in [2.24, 2.45) is 5.92 Å². The number of hydrogen-bond acceptors (Lipinski definition) is 4. The molecule has 1 saturated heterocycles. The van der Waals surface area contributed by atoms with Gasteiger partial charge in [0.1, 0.15) is 5.82 Å². The first-order valence-corrected chi connectivity index (χ1v) is 9.43. The molecular weight excluding hydrogens is 343 g/mol. The standard InChI is InChI=1S/C20H25FN6/c1-14(2)27-11-15(9-22-27)10-26-12-17(8-21)18(13-26)20-23-19(24-25-20)16-6-4-3-5-7-16/h3-7,9,11,14,17-18H,8,10,12-13H2,1-2H3,(H,23,24,25)/t17-,18-/m1/s1. The van der Waals surface area contributed by atoms with Crippen molar-refractivity contribution in [1.29, 1.82) is 0 Å². The van der Waals surface area contributed by atoms with Gasteiger partial charge in [0.05, 0.1) is 12.9 Å². The zero-order chi connectivity index (χ0) is 18.8. The fraction of sp³-hybridized carbons (Fsp3) is 0.450. The molecule has 1 aromatic carbocycles. The van der Waals surface area contributed by atoms with Crippen molar-refractivity contribution in [3.05, 3.63) is 54.1 Å². The first kappa shape index (κ1) is 17.9. The van der Waals surface area contributed by atoms with E-state index in [1.807, 2.05) is 41.2 Å². The molecule has 6 nitrogen and oxygen atoms in total. The molecule has 0 radical (unpaired) electrons. The topological polar surface area (TPSA) is 62.6 Å². The van der Waals surface area contributed by atoms with Crippen LogP contribution in [0.2, 0.25) is 0 Å². The van der Waals surface area contributed by atoms with E-state index in [1.54, 1.807) is 0 Å². The van der Waals surface area contributed by atoms with Gasteiger partial charge in [0.2, 0.25) is 0 Å². The largest absolute Gasteiger partial charge is 0.298 e. The number of halogens is 1. The van der Waals surface area contributed by atoms with Crippen molar-refractivity contribution < 1.29 is 4.39 Å². The Labute approximate surface area is 158 Å². The molecule has 3 aromatic rings. The minimum atomic E-state index is -0.353. The molecule has 0 saturated carbocycles. The number of aromatic amines is 1. The summed E-state index contributed by atoms with van der Waals surface area (Å²) in [6, 6.07) is 10.2. The van der Waals surface area contributed by atoms with Crippen LogP contribution in [0, 0.1) is 5.92 Å². The Morgan fingerprint density at radius 2 is 2.04 bits per heavy atom. The second-order valence-electron chi connectivity index (χ2n) is 7.55. The summed E-state index contributed by atoms with van der Waals surface area (Å²) < 4.78 is 15.6. The van der Waals surface area contributed by atoms with Crippen LogP contribution in [0.15, 0.2) is 42.7 Å². The molecule has 4 rings (SSSR count). The lowest BCUT2D eigenvalue weighted by molar-refractivity contribution is 0.295. The maximum atomic E-state index is 13.7. The van der Waals surface area contributed by atoms with Crippen LogP contribution in [0.1, 0.15) is 37.2 Å². The molecule has 7 heteroatoms. The van der Waals surface area contributed by atoms with E-state index in [4.69, 9.17) is 0 Å². The van der Waals surface area contributed by atoms with Crippen molar-refractivity contribution in [3.63, 3.8) is 0 Å². The molecule has 0 amide bonds. The summed E-state index contributed by atoms with van der Waals surface area (Å²) in [7, 11) is 0. The molecule has 0 spiro atoms. The summed E-state index contributed by atoms with van der Waals surface area (Å²) in [6.07, 6.45) is 3.98. The molecule has 1 aliphatic heterocycles. The molecule has 3 heterocycles. The van der Waals surface area contributed by atoms with Crippen molar-refractivity contribution >= 4 is 0 Å². The Hall–Kier alpha value is -2.54. The Bertz CT molecular complexity index is 871. The summed E-state index contributed by atoms with van der Waals surface area (Å²) in [5.74, 6) is 1.40. The Morgan fingerprint density at radius 3 is 2.74 bits per heavy atom. The van der Waals surface area contributed by atoms with Gasteiger partial charge in [0.25, 0.3) is 0 Å². The van der Waals surface area contributed by atoms with E-state index in [-0.39, 0.29) is 18.5 Å². The molecule has 0 bridgehead atoms. The number of rotatable bonds is 6. The first-order valence-electron chi connectivity index (χ1n) is 9.43. The highest BCUT2D eigenvalue weighted by atomic mass is 19.1. The lowest BCUT2D eigenvalue weighted by atomic mass is 9.97. The van der Waals surface area contributed by atoms with E-state index in [2.05, 4.69) is 45.2 Å². The summed E-state index contributed by atoms with van der Waals surface area (Å²) >= 11 is 0. The minimum absolute atomic E-state index is 0.0279. The predicted octanol–water partition coefficient (Wildman–Crippen LogP) is 3.43. The number of aromatic nitrogens is 5. The Kier molecular flexibility index (Phi) is 5.03. The molecule has 27 heavy (non-hydrogen) atoms. The smallest absolute Gasteiger partial charge is 0.181 e. The number of nitrogens with zero attached hydrogens (tertiary/aromatic N) is 5. The third-order valence-corrected chi connectivity index (χ3v) is 5.19. The maximum absolute atomic E-state index is 13.7. The number of nitrogens with one attached hydrogen (secondary N) is 1. The Morgan fingerprint density at radius 1 is 1.22 bits per heavy atom. The number of benzene rings is 1. The number of H-pyrrole nitrogens is 1. The molecule has 142 valence electrons. The van der Waals surface area contributed by atoms with Gasteiger partial charge in [-0.1, -0.05) is 30.3 Å². The van der Waals surface area contributed by atoms with Crippen LogP contribution in [0.4, 0.5) is 4.39 Å². The summed E-state index contributed by atoms with van der Waals surface area (Å²) in [6.45, 7) is 6.12. The monoisotopic (exact) mass is 368 g/mol. The second kappa shape index (κ2) is 7.60. The zero-order valence-electron chi connectivity index (χ0n) is 15.7. The highest BCUT2D eigenvalue weighted by Crippen LogP contribution is 2.32. The van der Waals surface area contributed by atoms with Crippen molar-refractivity contribution in [3.8, 4) is 11.4 Å². The van der Waals surface area contributed by atoms with E-state index in [0.29, 0.717) is 11.9 Å². The van der Waals surface area contributed by atoms with Gasteiger partial charge in [0.15, 0.2) is 5.82 Å². The normalized spacial score (nSPS) is 20.6. The van der Waals surface area contributed by atoms with Crippen LogP contribution in [-0.2, 0) is 6.54 Å². The van der Waals surface area contributed by atoms with Gasteiger partial charge in [-0.3, -0.25) is 19.1 Å². The van der Waals surface area contributed by atoms with Crippen LogP contribution in [-0.4, -0.2) is 49.6 Å². The van der Waals surface area contributed by atoms with E-state index < -0.39 is 0 Å². The molecule has 1 fully saturated rings. The van der Waals surface area contributed by atoms with Crippen LogP contribution < -0.4 is 0 Å². The van der Waals surface area contributed by atoms with E-state index in [1.165, 1.54) is 0 Å². The minimum Gasteiger partial charge on any atom is -0.298 e. The molecular formula is C20H25FN6. The van der Waals surface area contributed by atoms with Crippen LogP contribution in [0.25, 0.3) is 11.4 Å². The van der Waals surface area contributed by atoms with Gasteiger partial charge >= 0.3 is 0 Å². The fourth-order valence-electron chi connectivity index (χ4n) is 3.71. The quantitative estimate of drug-likeness (QED) is 0.724. The van der Waals surface area contributed by atoms with Gasteiger partial charge in [0, 0.05) is 54.8 Å². The first-order chi connectivity index (χ1) is 13.1.